The van der Waals surface area contributed by atoms with Gasteiger partial charge in [0.1, 0.15) is 0 Å². The van der Waals surface area contributed by atoms with E-state index in [1.165, 1.54) is 0 Å². The van der Waals surface area contributed by atoms with Gasteiger partial charge in [0.05, 0.1) is 0 Å². The van der Waals surface area contributed by atoms with E-state index in [0.29, 0.717) is 43.9 Å². The Morgan fingerprint density at radius 3 is 1.65 bits per heavy atom. The zero-order valence-electron chi connectivity index (χ0n) is 26.4. The molecule has 2 unspecified atom stereocenters. The Labute approximate surface area is 279 Å². The molecule has 6 rings (SSSR count). The van der Waals surface area contributed by atoms with Gasteiger partial charge in [-0.3, -0.25) is 18.8 Å². The van der Waals surface area contributed by atoms with Crippen LogP contribution in [0.2, 0.25) is 10.0 Å². The lowest BCUT2D eigenvalue weighted by atomic mass is 9.68. The Morgan fingerprint density at radius 1 is 0.652 bits per heavy atom. The van der Waals surface area contributed by atoms with Gasteiger partial charge in [-0.1, -0.05) is 59.6 Å². The maximum atomic E-state index is 16.0. The van der Waals surface area contributed by atoms with E-state index >= 15 is 14.2 Å². The predicted molar refractivity (Wildman–Crippen MR) is 187 cm³/mol. The first-order chi connectivity index (χ1) is 21.8. The molecule has 0 aliphatic carbocycles. The zero-order chi connectivity index (χ0) is 33.2. The van der Waals surface area contributed by atoms with Crippen molar-refractivity contribution in [1.29, 1.82) is 0 Å². The molecule has 2 heterocycles. The molecule has 4 aromatic rings. The average Bonchev–Trinajstić information content (AvgIpc) is 3.40. The lowest BCUT2D eigenvalue weighted by Crippen LogP contribution is -2.71. The summed E-state index contributed by atoms with van der Waals surface area (Å²) in [5.74, 6) is -0.836. The minimum atomic E-state index is -3.93. The Bertz CT molecular complexity index is 1870. The average molecular weight is 678 g/mol. The Morgan fingerprint density at radius 2 is 1.11 bits per heavy atom. The largest absolute Gasteiger partial charge is 0.365 e. The zero-order valence-corrected chi connectivity index (χ0v) is 28.8. The number of carbonyl (C=O) groups is 2. The molecule has 9 nitrogen and oxygen atoms in total. The summed E-state index contributed by atoms with van der Waals surface area (Å²) in [4.78, 5) is 34.1. The number of rotatable bonds is 8. The van der Waals surface area contributed by atoms with Crippen LogP contribution >= 0.6 is 30.8 Å². The second-order valence-electron chi connectivity index (χ2n) is 11.9. The van der Waals surface area contributed by atoms with E-state index < -0.39 is 30.5 Å². The second-order valence-corrected chi connectivity index (χ2v) is 15.8. The Kier molecular flexibility index (Phi) is 7.98. The normalized spacial score (nSPS) is 20.8. The Hall–Kier alpha value is -3.85. The van der Waals surface area contributed by atoms with Crippen molar-refractivity contribution in [3.05, 3.63) is 118 Å². The number of carbonyl (C=O) groups excluding carboxylic acids is 2. The SMILES string of the molecule is CN1C(=O)C(Nc2ccc(Cl)cc2)(C2(N(c3ccc(Cl)cc3)P(=O)(N(C)C)N(C)C)C(=O)N(C)c3ccccc32)c2ccccc21. The van der Waals surface area contributed by atoms with E-state index in [2.05, 4.69) is 5.32 Å². The molecule has 0 radical (unpaired) electrons. The monoisotopic (exact) mass is 676 g/mol. The fourth-order valence-corrected chi connectivity index (χ4v) is 9.82. The number of nitrogens with one attached hydrogen (secondary N) is 1. The van der Waals surface area contributed by atoms with Gasteiger partial charge in [0.15, 0.2) is 11.1 Å². The van der Waals surface area contributed by atoms with Crippen LogP contribution < -0.4 is 19.8 Å². The number of nitrogens with zero attached hydrogens (tertiary/aromatic N) is 5. The second kappa shape index (κ2) is 11.4. The number of anilines is 4. The molecule has 2 amide bonds. The first-order valence-corrected chi connectivity index (χ1v) is 17.0. The minimum Gasteiger partial charge on any atom is -0.365 e. The van der Waals surface area contributed by atoms with Crippen molar-refractivity contribution < 1.29 is 14.2 Å². The van der Waals surface area contributed by atoms with Crippen LogP contribution in [0.4, 0.5) is 22.7 Å². The molecule has 1 N–H and O–H groups in total. The third-order valence-electron chi connectivity index (χ3n) is 8.97. The highest BCUT2D eigenvalue weighted by Crippen LogP contribution is 2.69. The highest BCUT2D eigenvalue weighted by Gasteiger charge is 2.76. The standard InChI is InChI=1S/C34H35Cl2N6O3P/c1-38(2)46(45,39(3)4)42(26-21-17-24(36)18-22-26)34(28-12-8-10-14-30(28)41(6)32(34)44)33(37-25-19-15-23(35)16-20-25)27-11-7-9-13-29(27)40(5)31(33)43/h7-22,37H,1-6H3. The predicted octanol–water partition coefficient (Wildman–Crippen LogP) is 6.89. The molecule has 2 atom stereocenters. The summed E-state index contributed by atoms with van der Waals surface area (Å²) in [7, 11) is 6.29. The van der Waals surface area contributed by atoms with Gasteiger partial charge in [0, 0.05) is 58.0 Å². The number of hydrogen-bond donors (Lipinski definition) is 1. The maximum absolute atomic E-state index is 16.0. The van der Waals surface area contributed by atoms with Crippen molar-refractivity contribution in [3.63, 3.8) is 0 Å². The van der Waals surface area contributed by atoms with Gasteiger partial charge in [-0.25, -0.2) is 9.34 Å². The summed E-state index contributed by atoms with van der Waals surface area (Å²) in [5.41, 5.74) is -0.561. The van der Waals surface area contributed by atoms with Gasteiger partial charge in [-0.05, 0) is 88.9 Å². The summed E-state index contributed by atoms with van der Waals surface area (Å²) in [6.07, 6.45) is 0. The number of likely N-dealkylation sites (N-methyl/N-ethyl adjacent to an activating group) is 2. The first kappa shape index (κ1) is 32.1. The minimum absolute atomic E-state index is 0.398. The maximum Gasteiger partial charge on any atom is 0.311 e. The smallest absolute Gasteiger partial charge is 0.311 e. The highest BCUT2D eigenvalue weighted by molar-refractivity contribution is 7.60. The molecule has 0 saturated heterocycles. The molecule has 0 aromatic heterocycles. The van der Waals surface area contributed by atoms with Gasteiger partial charge in [0.25, 0.3) is 11.8 Å². The van der Waals surface area contributed by atoms with E-state index in [0.717, 1.165) is 0 Å². The molecule has 0 saturated carbocycles. The molecule has 0 spiro atoms. The number of halogens is 2. The van der Waals surface area contributed by atoms with E-state index in [1.807, 2.05) is 48.5 Å². The summed E-state index contributed by atoms with van der Waals surface area (Å²) in [6.45, 7) is 0. The van der Waals surface area contributed by atoms with Crippen LogP contribution in [0.3, 0.4) is 0 Å². The quantitative estimate of drug-likeness (QED) is 0.204. The molecule has 12 heteroatoms. The molecule has 0 bridgehead atoms. The number of para-hydroxylation sites is 2. The summed E-state index contributed by atoms with van der Waals surface area (Å²) in [5, 5.41) is 4.56. The van der Waals surface area contributed by atoms with Gasteiger partial charge in [-0.15, -0.1) is 0 Å². The van der Waals surface area contributed by atoms with Crippen molar-refractivity contribution >= 4 is 65.4 Å². The molecule has 4 aromatic carbocycles. The fraction of sp³-hybridized carbons (Fsp3) is 0.235. The number of fused-ring (bicyclic) bond motifs is 2. The lowest BCUT2D eigenvalue weighted by Gasteiger charge is -2.55. The molecular weight excluding hydrogens is 642 g/mol. The van der Waals surface area contributed by atoms with Crippen LogP contribution in [0.25, 0.3) is 0 Å². The lowest BCUT2D eigenvalue weighted by molar-refractivity contribution is -0.133. The Balaban J connectivity index is 1.87. The molecule has 2 aliphatic heterocycles. The van der Waals surface area contributed by atoms with Gasteiger partial charge in [-0.2, -0.15) is 0 Å². The molecular formula is C34H35Cl2N6O3P. The van der Waals surface area contributed by atoms with Crippen molar-refractivity contribution in [2.24, 2.45) is 0 Å². The van der Waals surface area contributed by atoms with E-state index in [1.54, 1.807) is 115 Å². The van der Waals surface area contributed by atoms with E-state index in [4.69, 9.17) is 23.2 Å². The van der Waals surface area contributed by atoms with Gasteiger partial charge < -0.3 is 15.1 Å². The summed E-state index contributed by atoms with van der Waals surface area (Å²) in [6, 6.07) is 28.6. The van der Waals surface area contributed by atoms with Crippen LogP contribution in [-0.2, 0) is 25.2 Å². The van der Waals surface area contributed by atoms with Crippen LogP contribution in [0.1, 0.15) is 11.1 Å². The van der Waals surface area contributed by atoms with Crippen LogP contribution in [0.15, 0.2) is 97.1 Å². The number of hydrogen-bond acceptors (Lipinski definition) is 4. The van der Waals surface area contributed by atoms with Crippen molar-refractivity contribution in [2.45, 2.75) is 11.1 Å². The van der Waals surface area contributed by atoms with E-state index in [-0.39, 0.29) is 0 Å². The van der Waals surface area contributed by atoms with Crippen molar-refractivity contribution in [2.75, 3.05) is 62.1 Å². The van der Waals surface area contributed by atoms with Gasteiger partial charge >= 0.3 is 7.59 Å². The molecule has 2 aliphatic rings. The fourth-order valence-electron chi connectivity index (χ4n) is 6.97. The summed E-state index contributed by atoms with van der Waals surface area (Å²) >= 11 is 12.7. The van der Waals surface area contributed by atoms with Crippen LogP contribution in [-0.4, -0.2) is 63.4 Å². The molecule has 0 fully saturated rings. The highest BCUT2D eigenvalue weighted by atomic mass is 35.5. The molecule has 46 heavy (non-hydrogen) atoms. The van der Waals surface area contributed by atoms with Crippen molar-refractivity contribution in [1.82, 2.24) is 9.34 Å². The topological polar surface area (TPSA) is 79.4 Å². The third-order valence-corrected chi connectivity index (χ3v) is 12.6. The number of benzene rings is 4. The third kappa shape index (κ3) is 4.26. The molecule has 238 valence electrons. The van der Waals surface area contributed by atoms with Crippen molar-refractivity contribution in [3.8, 4) is 0 Å². The first-order valence-electron chi connectivity index (χ1n) is 14.6. The summed E-state index contributed by atoms with van der Waals surface area (Å²) < 4.78 is 20.8. The number of amides is 2. The van der Waals surface area contributed by atoms with E-state index in [9.17, 15) is 0 Å². The van der Waals surface area contributed by atoms with Crippen LogP contribution in [0, 0.1) is 0 Å². The van der Waals surface area contributed by atoms with Gasteiger partial charge in [0.2, 0.25) is 0 Å². The van der Waals surface area contributed by atoms with Crippen LogP contribution in [0.5, 0.6) is 0 Å².